The Morgan fingerprint density at radius 1 is 1.12 bits per heavy atom. The lowest BCUT2D eigenvalue weighted by atomic mass is 10.0. The number of rotatable bonds is 6. The van der Waals surface area contributed by atoms with Crippen molar-refractivity contribution in [3.05, 3.63) is 35.9 Å². The largest absolute Gasteiger partial charge is 0.232 e. The summed E-state index contributed by atoms with van der Waals surface area (Å²) < 4.78 is 0. The summed E-state index contributed by atoms with van der Waals surface area (Å²) >= 11 is 9.15. The molecule has 0 heterocycles. The Labute approximate surface area is 106 Å². The van der Waals surface area contributed by atoms with Gasteiger partial charge in [0.2, 0.25) is 0 Å². The fourth-order valence-electron chi connectivity index (χ4n) is 1.43. The Kier molecular flexibility index (Phi) is 6.47. The van der Waals surface area contributed by atoms with Gasteiger partial charge in [-0.25, -0.2) is 9.98 Å². The van der Waals surface area contributed by atoms with Gasteiger partial charge in [-0.05, 0) is 42.8 Å². The molecule has 0 saturated carbocycles. The average molecular weight is 248 g/mol. The van der Waals surface area contributed by atoms with Gasteiger partial charge in [0, 0.05) is 0 Å². The van der Waals surface area contributed by atoms with Crippen LogP contribution in [0.25, 0.3) is 0 Å². The molecule has 1 atom stereocenters. The van der Waals surface area contributed by atoms with E-state index in [0.29, 0.717) is 6.54 Å². The predicted molar refractivity (Wildman–Crippen MR) is 73.5 cm³/mol. The van der Waals surface area contributed by atoms with Gasteiger partial charge in [-0.1, -0.05) is 30.3 Å². The molecular weight excluding hydrogens is 236 g/mol. The second kappa shape index (κ2) is 8.03. The minimum Gasteiger partial charge on any atom is -0.232 e. The lowest BCUT2D eigenvalue weighted by Gasteiger charge is -2.08. The van der Waals surface area contributed by atoms with Gasteiger partial charge in [0.25, 0.3) is 0 Å². The van der Waals surface area contributed by atoms with Gasteiger partial charge >= 0.3 is 0 Å². The summed E-state index contributed by atoms with van der Waals surface area (Å²) in [7, 11) is 0. The van der Waals surface area contributed by atoms with E-state index in [1.165, 1.54) is 5.56 Å². The summed E-state index contributed by atoms with van der Waals surface area (Å²) in [4.78, 5) is 8.01. The SMILES string of the molecule is S=C=NCCC(Cc1ccccc1)N=C=S. The molecule has 0 aromatic heterocycles. The highest BCUT2D eigenvalue weighted by Gasteiger charge is 2.06. The molecule has 1 unspecified atom stereocenters. The minimum atomic E-state index is 0.131. The Morgan fingerprint density at radius 2 is 1.88 bits per heavy atom. The number of hydrogen-bond donors (Lipinski definition) is 0. The highest BCUT2D eigenvalue weighted by Crippen LogP contribution is 2.08. The van der Waals surface area contributed by atoms with Gasteiger partial charge in [0.15, 0.2) is 0 Å². The second-order valence-corrected chi connectivity index (χ2v) is 3.69. The normalized spacial score (nSPS) is 11.0. The molecule has 1 rings (SSSR count). The zero-order chi connectivity index (χ0) is 11.6. The van der Waals surface area contributed by atoms with Crippen LogP contribution in [0.2, 0.25) is 0 Å². The zero-order valence-corrected chi connectivity index (χ0v) is 10.4. The molecule has 82 valence electrons. The van der Waals surface area contributed by atoms with Crippen LogP contribution < -0.4 is 0 Å². The van der Waals surface area contributed by atoms with E-state index in [4.69, 9.17) is 0 Å². The number of aliphatic imine (C=N–C) groups is 2. The van der Waals surface area contributed by atoms with Crippen molar-refractivity contribution in [2.75, 3.05) is 6.54 Å². The summed E-state index contributed by atoms with van der Waals surface area (Å²) in [5.41, 5.74) is 1.24. The van der Waals surface area contributed by atoms with Crippen molar-refractivity contribution in [2.24, 2.45) is 9.98 Å². The molecule has 2 nitrogen and oxygen atoms in total. The number of hydrogen-bond acceptors (Lipinski definition) is 4. The van der Waals surface area contributed by atoms with Crippen molar-refractivity contribution in [3.8, 4) is 0 Å². The monoisotopic (exact) mass is 248 g/mol. The fourth-order valence-corrected chi connectivity index (χ4v) is 1.67. The molecule has 16 heavy (non-hydrogen) atoms. The number of benzene rings is 1. The maximum Gasteiger partial charge on any atom is 0.0660 e. The quantitative estimate of drug-likeness (QED) is 0.570. The third-order valence-corrected chi connectivity index (χ3v) is 2.42. The van der Waals surface area contributed by atoms with Crippen LogP contribution >= 0.6 is 24.4 Å². The third-order valence-electron chi connectivity index (χ3n) is 2.19. The first-order chi connectivity index (χ1) is 7.86. The highest BCUT2D eigenvalue weighted by atomic mass is 32.1. The summed E-state index contributed by atoms with van der Waals surface area (Å²) in [6, 6.07) is 10.3. The molecule has 0 aliphatic carbocycles. The molecule has 4 heteroatoms. The van der Waals surface area contributed by atoms with Crippen molar-refractivity contribution in [3.63, 3.8) is 0 Å². The van der Waals surface area contributed by atoms with E-state index in [1.807, 2.05) is 18.2 Å². The number of thiocarbonyl (C=S) groups is 2. The molecule has 0 radical (unpaired) electrons. The first kappa shape index (κ1) is 12.9. The van der Waals surface area contributed by atoms with E-state index in [1.54, 1.807) is 0 Å². The molecule has 0 saturated heterocycles. The van der Waals surface area contributed by atoms with Gasteiger partial charge in [0.05, 0.1) is 22.9 Å². The smallest absolute Gasteiger partial charge is 0.0660 e. The predicted octanol–water partition coefficient (Wildman–Crippen LogP) is 3.19. The van der Waals surface area contributed by atoms with Gasteiger partial charge in [-0.15, -0.1) is 0 Å². The van der Waals surface area contributed by atoms with Gasteiger partial charge in [-0.3, -0.25) is 0 Å². The van der Waals surface area contributed by atoms with Crippen LogP contribution in [0.5, 0.6) is 0 Å². The Hall–Kier alpha value is -1.18. The average Bonchev–Trinajstić information content (AvgIpc) is 2.31. The Morgan fingerprint density at radius 3 is 2.50 bits per heavy atom. The maximum absolute atomic E-state index is 4.64. The molecule has 0 bridgehead atoms. The fraction of sp³-hybridized carbons (Fsp3) is 0.333. The molecule has 0 aliphatic heterocycles. The summed E-state index contributed by atoms with van der Waals surface area (Å²) in [6.07, 6.45) is 1.68. The van der Waals surface area contributed by atoms with Crippen molar-refractivity contribution in [1.29, 1.82) is 0 Å². The van der Waals surface area contributed by atoms with Crippen molar-refractivity contribution in [1.82, 2.24) is 0 Å². The minimum absolute atomic E-state index is 0.131. The molecule has 0 spiro atoms. The highest BCUT2D eigenvalue weighted by molar-refractivity contribution is 7.78. The van der Waals surface area contributed by atoms with E-state index in [9.17, 15) is 0 Å². The molecule has 0 aliphatic rings. The number of nitrogens with zero attached hydrogens (tertiary/aromatic N) is 2. The van der Waals surface area contributed by atoms with E-state index >= 15 is 0 Å². The lowest BCUT2D eigenvalue weighted by Crippen LogP contribution is -2.09. The van der Waals surface area contributed by atoms with Gasteiger partial charge in [0.1, 0.15) is 0 Å². The van der Waals surface area contributed by atoms with Crippen molar-refractivity contribution in [2.45, 2.75) is 18.9 Å². The Bertz CT molecular complexity index is 404. The van der Waals surface area contributed by atoms with Crippen LogP contribution in [0.3, 0.4) is 0 Å². The summed E-state index contributed by atoms with van der Waals surface area (Å²) in [5, 5.41) is 4.78. The topological polar surface area (TPSA) is 24.7 Å². The third kappa shape index (κ3) is 5.06. The maximum atomic E-state index is 4.64. The molecule has 1 aromatic rings. The van der Waals surface area contributed by atoms with Gasteiger partial charge in [-0.2, -0.15) is 0 Å². The first-order valence-electron chi connectivity index (χ1n) is 5.01. The van der Waals surface area contributed by atoms with Gasteiger partial charge < -0.3 is 0 Å². The summed E-state index contributed by atoms with van der Waals surface area (Å²) in [6.45, 7) is 0.640. The van der Waals surface area contributed by atoms with E-state index in [-0.39, 0.29) is 6.04 Å². The first-order valence-corrected chi connectivity index (χ1v) is 5.83. The van der Waals surface area contributed by atoms with E-state index in [0.717, 1.165) is 12.8 Å². The van der Waals surface area contributed by atoms with Crippen molar-refractivity contribution >= 4 is 34.8 Å². The van der Waals surface area contributed by atoms with Crippen LogP contribution in [0.1, 0.15) is 12.0 Å². The van der Waals surface area contributed by atoms with Crippen LogP contribution in [0, 0.1) is 0 Å². The molecule has 0 N–H and O–H groups in total. The van der Waals surface area contributed by atoms with Crippen molar-refractivity contribution < 1.29 is 0 Å². The molecule has 0 amide bonds. The molecule has 1 aromatic carbocycles. The second-order valence-electron chi connectivity index (χ2n) is 3.33. The standard InChI is InChI=1S/C12H12N2S2/c15-9-13-7-6-12(14-10-16)8-11-4-2-1-3-5-11/h1-5,12H,6-8H2. The molecular formula is C12H12N2S2. The number of isothiocyanates is 2. The van der Waals surface area contributed by atoms with E-state index < -0.39 is 0 Å². The van der Waals surface area contributed by atoms with E-state index in [2.05, 4.69) is 56.9 Å². The van der Waals surface area contributed by atoms with Crippen LogP contribution in [-0.4, -0.2) is 22.9 Å². The Balaban J connectivity index is 2.57. The van der Waals surface area contributed by atoms with Crippen LogP contribution in [0.15, 0.2) is 40.3 Å². The van der Waals surface area contributed by atoms with Crippen LogP contribution in [0.4, 0.5) is 0 Å². The summed E-state index contributed by atoms with van der Waals surface area (Å²) in [5.74, 6) is 0. The lowest BCUT2D eigenvalue weighted by molar-refractivity contribution is 0.626. The van der Waals surface area contributed by atoms with Crippen LogP contribution in [-0.2, 0) is 6.42 Å². The molecule has 0 fully saturated rings. The zero-order valence-electron chi connectivity index (χ0n) is 8.80.